The van der Waals surface area contributed by atoms with Crippen molar-refractivity contribution in [1.29, 1.82) is 0 Å². The van der Waals surface area contributed by atoms with Crippen LogP contribution in [0.25, 0.3) is 0 Å². The van der Waals surface area contributed by atoms with Crippen molar-refractivity contribution in [3.63, 3.8) is 0 Å². The second kappa shape index (κ2) is 5.42. The Hall–Kier alpha value is -2.16. The molecule has 0 aromatic carbocycles. The first-order chi connectivity index (χ1) is 12.2. The van der Waals surface area contributed by atoms with Gasteiger partial charge in [-0.1, -0.05) is 25.1 Å². The summed E-state index contributed by atoms with van der Waals surface area (Å²) >= 11 is 0. The summed E-state index contributed by atoms with van der Waals surface area (Å²) in [7, 11) is 0. The fourth-order valence-electron chi connectivity index (χ4n) is 5.37. The molecular weight excluding hydrogens is 310 g/mol. The van der Waals surface area contributed by atoms with Gasteiger partial charge >= 0.3 is 0 Å². The molecule has 1 aromatic rings. The lowest BCUT2D eigenvalue weighted by molar-refractivity contribution is -0.116. The van der Waals surface area contributed by atoms with Crippen LogP contribution < -0.4 is 0 Å². The Balaban J connectivity index is 1.53. The molecule has 2 heterocycles. The van der Waals surface area contributed by atoms with Crippen LogP contribution in [-0.2, 0) is 9.53 Å². The number of aromatic nitrogens is 1. The van der Waals surface area contributed by atoms with Gasteiger partial charge in [0.15, 0.2) is 5.78 Å². The van der Waals surface area contributed by atoms with Gasteiger partial charge in [-0.2, -0.15) is 0 Å². The molecule has 1 fully saturated rings. The highest BCUT2D eigenvalue weighted by atomic mass is 16.5. The first-order valence-corrected chi connectivity index (χ1v) is 9.40. The topological polar surface area (TPSA) is 39.2 Å². The van der Waals surface area contributed by atoms with Crippen molar-refractivity contribution in [3.8, 4) is 0 Å². The van der Waals surface area contributed by atoms with Crippen LogP contribution in [0.4, 0.5) is 0 Å². The van der Waals surface area contributed by atoms with Crippen LogP contribution in [0, 0.1) is 11.3 Å². The van der Waals surface area contributed by atoms with Crippen LogP contribution in [-0.4, -0.2) is 16.9 Å². The molecule has 128 valence electrons. The van der Waals surface area contributed by atoms with E-state index >= 15 is 0 Å². The minimum atomic E-state index is 0.0851. The third kappa shape index (κ3) is 2.18. The SMILES string of the molecule is C[C@]12C=CC3=CC4=C(CCCC4=O)O[C@H]3[C@@H]1CC[C@@H]2c1cccnc1. The average molecular weight is 333 g/mol. The first-order valence-electron chi connectivity index (χ1n) is 9.40. The predicted molar refractivity (Wildman–Crippen MR) is 95.8 cm³/mol. The molecule has 0 amide bonds. The Morgan fingerprint density at radius 1 is 1.28 bits per heavy atom. The fraction of sp³-hybridized carbons (Fsp3) is 0.455. The smallest absolute Gasteiger partial charge is 0.166 e. The van der Waals surface area contributed by atoms with Crippen molar-refractivity contribution >= 4 is 5.78 Å². The molecule has 4 atom stereocenters. The third-order valence-electron chi connectivity index (χ3n) is 6.72. The number of carbonyl (C=O) groups excluding carboxylic acids is 1. The minimum absolute atomic E-state index is 0.0851. The zero-order valence-corrected chi connectivity index (χ0v) is 14.6. The van der Waals surface area contributed by atoms with Crippen molar-refractivity contribution < 1.29 is 9.53 Å². The average Bonchev–Trinajstić information content (AvgIpc) is 2.99. The molecule has 3 heteroatoms. The van der Waals surface area contributed by atoms with E-state index in [1.165, 1.54) is 11.1 Å². The van der Waals surface area contributed by atoms with Crippen molar-refractivity contribution in [2.45, 2.75) is 51.0 Å². The number of fused-ring (bicyclic) bond motifs is 3. The standard InChI is InChI=1S/C22H23NO2/c1-22-10-9-14-12-16-19(24)5-2-6-20(16)25-21(14)18(22)8-7-17(22)15-4-3-11-23-13-15/h3-4,9-13,17-18,21H,2,5-8H2,1H3/t17-,18+,21-,22-/m1/s1. The lowest BCUT2D eigenvalue weighted by atomic mass is 9.65. The van der Waals surface area contributed by atoms with Gasteiger partial charge in [-0.25, -0.2) is 0 Å². The van der Waals surface area contributed by atoms with E-state index in [0.717, 1.165) is 37.0 Å². The highest BCUT2D eigenvalue weighted by molar-refractivity contribution is 5.99. The van der Waals surface area contributed by atoms with E-state index in [0.29, 0.717) is 18.3 Å². The zero-order chi connectivity index (χ0) is 17.0. The van der Waals surface area contributed by atoms with E-state index in [-0.39, 0.29) is 17.3 Å². The number of pyridine rings is 1. The van der Waals surface area contributed by atoms with Gasteiger partial charge in [-0.15, -0.1) is 0 Å². The number of ether oxygens (including phenoxy) is 1. The molecule has 0 spiro atoms. The zero-order valence-electron chi connectivity index (χ0n) is 14.6. The number of hydrogen-bond donors (Lipinski definition) is 0. The van der Waals surface area contributed by atoms with Crippen LogP contribution in [0.5, 0.6) is 0 Å². The Morgan fingerprint density at radius 3 is 3.04 bits per heavy atom. The molecule has 1 aromatic heterocycles. The van der Waals surface area contributed by atoms with E-state index in [1.807, 2.05) is 18.5 Å². The predicted octanol–water partition coefficient (Wildman–Crippen LogP) is 4.48. The number of rotatable bonds is 1. The van der Waals surface area contributed by atoms with E-state index in [4.69, 9.17) is 4.74 Å². The molecular formula is C22H23NO2. The Kier molecular flexibility index (Phi) is 3.28. The fourth-order valence-corrected chi connectivity index (χ4v) is 5.37. The van der Waals surface area contributed by atoms with Gasteiger partial charge in [0.1, 0.15) is 11.9 Å². The van der Waals surface area contributed by atoms with Gasteiger partial charge in [-0.05, 0) is 53.9 Å². The Labute approximate surface area is 148 Å². The Bertz CT molecular complexity index is 820. The molecule has 0 unspecified atom stereocenters. The number of ketones is 1. The number of nitrogens with zero attached hydrogens (tertiary/aromatic N) is 1. The number of Topliss-reactive ketones (excluding diaryl/α,β-unsaturated/α-hetero) is 1. The Morgan fingerprint density at radius 2 is 2.20 bits per heavy atom. The summed E-state index contributed by atoms with van der Waals surface area (Å²) in [6.07, 6.45) is 15.4. The molecule has 3 nitrogen and oxygen atoms in total. The summed E-state index contributed by atoms with van der Waals surface area (Å²) < 4.78 is 6.45. The molecule has 3 aliphatic carbocycles. The third-order valence-corrected chi connectivity index (χ3v) is 6.72. The van der Waals surface area contributed by atoms with Gasteiger partial charge in [0.25, 0.3) is 0 Å². The maximum absolute atomic E-state index is 12.2. The second-order valence-corrected chi connectivity index (χ2v) is 8.02. The van der Waals surface area contributed by atoms with Gasteiger partial charge < -0.3 is 4.74 Å². The minimum Gasteiger partial charge on any atom is -0.489 e. The molecule has 1 saturated carbocycles. The van der Waals surface area contributed by atoms with Crippen molar-refractivity contribution in [2.75, 3.05) is 0 Å². The number of carbonyl (C=O) groups is 1. The highest BCUT2D eigenvalue weighted by Gasteiger charge is 2.53. The summed E-state index contributed by atoms with van der Waals surface area (Å²) in [5, 5.41) is 0. The van der Waals surface area contributed by atoms with Crippen molar-refractivity contribution in [2.24, 2.45) is 11.3 Å². The van der Waals surface area contributed by atoms with Crippen LogP contribution in [0.1, 0.15) is 50.5 Å². The molecule has 0 saturated heterocycles. The van der Waals surface area contributed by atoms with Gasteiger partial charge in [-0.3, -0.25) is 9.78 Å². The molecule has 0 bridgehead atoms. The summed E-state index contributed by atoms with van der Waals surface area (Å²) in [5.41, 5.74) is 3.42. The molecule has 25 heavy (non-hydrogen) atoms. The van der Waals surface area contributed by atoms with E-state index in [2.05, 4.69) is 36.2 Å². The second-order valence-electron chi connectivity index (χ2n) is 8.02. The first kappa shape index (κ1) is 15.1. The molecule has 5 rings (SSSR count). The van der Waals surface area contributed by atoms with E-state index in [9.17, 15) is 4.79 Å². The summed E-state index contributed by atoms with van der Waals surface area (Å²) in [6, 6.07) is 4.23. The number of hydrogen-bond acceptors (Lipinski definition) is 3. The summed E-state index contributed by atoms with van der Waals surface area (Å²) in [6.45, 7) is 2.37. The maximum atomic E-state index is 12.2. The largest absolute Gasteiger partial charge is 0.489 e. The molecule has 1 aliphatic heterocycles. The van der Waals surface area contributed by atoms with Crippen LogP contribution in [0.3, 0.4) is 0 Å². The normalized spacial score (nSPS) is 36.3. The number of allylic oxidation sites excluding steroid dienone is 4. The van der Waals surface area contributed by atoms with E-state index < -0.39 is 0 Å². The summed E-state index contributed by atoms with van der Waals surface area (Å²) in [4.78, 5) is 16.5. The van der Waals surface area contributed by atoms with Gasteiger partial charge in [0, 0.05) is 31.2 Å². The maximum Gasteiger partial charge on any atom is 0.166 e. The van der Waals surface area contributed by atoms with Crippen LogP contribution in [0.2, 0.25) is 0 Å². The quantitative estimate of drug-likeness (QED) is 0.760. The highest BCUT2D eigenvalue weighted by Crippen LogP contribution is 2.59. The summed E-state index contributed by atoms with van der Waals surface area (Å²) in [5.74, 6) is 2.12. The van der Waals surface area contributed by atoms with Crippen LogP contribution in [0.15, 0.2) is 59.7 Å². The van der Waals surface area contributed by atoms with Gasteiger partial charge in [0.05, 0.1) is 5.57 Å². The van der Waals surface area contributed by atoms with Crippen LogP contribution >= 0.6 is 0 Å². The van der Waals surface area contributed by atoms with Crippen molar-refractivity contribution in [3.05, 3.63) is 65.2 Å². The van der Waals surface area contributed by atoms with Crippen molar-refractivity contribution in [1.82, 2.24) is 4.98 Å². The van der Waals surface area contributed by atoms with E-state index in [1.54, 1.807) is 0 Å². The lowest BCUT2D eigenvalue weighted by Crippen LogP contribution is -2.40. The molecule has 0 N–H and O–H groups in total. The monoisotopic (exact) mass is 333 g/mol. The molecule has 0 radical (unpaired) electrons. The molecule has 4 aliphatic rings. The van der Waals surface area contributed by atoms with Gasteiger partial charge in [0.2, 0.25) is 0 Å². The lowest BCUT2D eigenvalue weighted by Gasteiger charge is -2.44.